The van der Waals surface area contributed by atoms with Gasteiger partial charge in [0.15, 0.2) is 5.82 Å². The fraction of sp³-hybridized carbons (Fsp3) is 0.385. The van der Waals surface area contributed by atoms with Gasteiger partial charge in [0.1, 0.15) is 12.1 Å². The summed E-state index contributed by atoms with van der Waals surface area (Å²) in [6.07, 6.45) is 4.04. The zero-order valence-corrected chi connectivity index (χ0v) is 12.7. The fourth-order valence-electron chi connectivity index (χ4n) is 1.66. The standard InChI is InChI=1S/C13H17ClN6O/c1-3-4-15-12-10(14)5-9(6-16-12)13(21)17-7-11-19-18-8-20(11)2/h5-6,8H,3-4,7H2,1-2H3,(H,15,16)(H,17,21). The molecule has 0 saturated heterocycles. The van der Waals surface area contributed by atoms with Crippen LogP contribution in [0.25, 0.3) is 0 Å². The predicted molar refractivity (Wildman–Crippen MR) is 80.2 cm³/mol. The predicted octanol–water partition coefficient (Wildman–Crippen LogP) is 1.62. The molecule has 2 N–H and O–H groups in total. The molecule has 0 aromatic carbocycles. The van der Waals surface area contributed by atoms with Gasteiger partial charge in [-0.25, -0.2) is 4.98 Å². The largest absolute Gasteiger partial charge is 0.369 e. The van der Waals surface area contributed by atoms with Crippen molar-refractivity contribution in [2.24, 2.45) is 7.05 Å². The zero-order chi connectivity index (χ0) is 15.2. The van der Waals surface area contributed by atoms with Crippen molar-refractivity contribution >= 4 is 23.3 Å². The Balaban J connectivity index is 1.99. The summed E-state index contributed by atoms with van der Waals surface area (Å²) in [4.78, 5) is 16.2. The van der Waals surface area contributed by atoms with E-state index in [2.05, 4.69) is 32.7 Å². The SMILES string of the molecule is CCCNc1ncc(C(=O)NCc2nncn2C)cc1Cl. The van der Waals surface area contributed by atoms with Gasteiger partial charge >= 0.3 is 0 Å². The van der Waals surface area contributed by atoms with Crippen molar-refractivity contribution in [3.63, 3.8) is 0 Å². The molecule has 2 aromatic rings. The van der Waals surface area contributed by atoms with Crippen LogP contribution in [0.3, 0.4) is 0 Å². The highest BCUT2D eigenvalue weighted by Gasteiger charge is 2.10. The smallest absolute Gasteiger partial charge is 0.253 e. The summed E-state index contributed by atoms with van der Waals surface area (Å²) < 4.78 is 1.74. The van der Waals surface area contributed by atoms with Crippen LogP contribution in [-0.2, 0) is 13.6 Å². The number of halogens is 1. The first-order valence-corrected chi connectivity index (χ1v) is 7.00. The van der Waals surface area contributed by atoms with Crippen molar-refractivity contribution in [3.8, 4) is 0 Å². The van der Waals surface area contributed by atoms with Gasteiger partial charge in [-0.05, 0) is 12.5 Å². The fourth-order valence-corrected chi connectivity index (χ4v) is 1.90. The van der Waals surface area contributed by atoms with Crippen LogP contribution in [0.1, 0.15) is 29.5 Å². The van der Waals surface area contributed by atoms with Crippen molar-refractivity contribution in [1.29, 1.82) is 0 Å². The minimum Gasteiger partial charge on any atom is -0.369 e. The molecule has 112 valence electrons. The Hall–Kier alpha value is -2.15. The highest BCUT2D eigenvalue weighted by molar-refractivity contribution is 6.33. The van der Waals surface area contributed by atoms with E-state index in [9.17, 15) is 4.79 Å². The minimum absolute atomic E-state index is 0.255. The monoisotopic (exact) mass is 308 g/mol. The third-order valence-electron chi connectivity index (χ3n) is 2.86. The molecular weight excluding hydrogens is 292 g/mol. The van der Waals surface area contributed by atoms with Gasteiger partial charge in [-0.15, -0.1) is 10.2 Å². The van der Waals surface area contributed by atoms with Gasteiger partial charge in [0.2, 0.25) is 0 Å². The second-order valence-electron chi connectivity index (χ2n) is 4.52. The van der Waals surface area contributed by atoms with E-state index in [1.54, 1.807) is 17.0 Å². The number of nitrogens with zero attached hydrogens (tertiary/aromatic N) is 4. The topological polar surface area (TPSA) is 84.7 Å². The molecule has 0 radical (unpaired) electrons. The van der Waals surface area contributed by atoms with E-state index < -0.39 is 0 Å². The molecule has 0 atom stereocenters. The van der Waals surface area contributed by atoms with Crippen LogP contribution in [0.4, 0.5) is 5.82 Å². The third-order valence-corrected chi connectivity index (χ3v) is 3.15. The molecule has 2 aromatic heterocycles. The number of aromatic nitrogens is 4. The van der Waals surface area contributed by atoms with Gasteiger partial charge in [-0.3, -0.25) is 4.79 Å². The second-order valence-corrected chi connectivity index (χ2v) is 4.93. The molecule has 0 aliphatic heterocycles. The van der Waals surface area contributed by atoms with Crippen LogP contribution in [0, 0.1) is 0 Å². The number of hydrogen-bond acceptors (Lipinski definition) is 5. The van der Waals surface area contributed by atoms with Crippen molar-refractivity contribution < 1.29 is 4.79 Å². The molecule has 8 heteroatoms. The maximum Gasteiger partial charge on any atom is 0.253 e. The maximum atomic E-state index is 12.0. The minimum atomic E-state index is -0.255. The highest BCUT2D eigenvalue weighted by Crippen LogP contribution is 2.20. The lowest BCUT2D eigenvalue weighted by Gasteiger charge is -2.08. The number of amides is 1. The molecule has 0 bridgehead atoms. The van der Waals surface area contributed by atoms with Crippen molar-refractivity contribution in [3.05, 3.63) is 35.0 Å². The summed E-state index contributed by atoms with van der Waals surface area (Å²) in [6.45, 7) is 3.13. The first-order valence-electron chi connectivity index (χ1n) is 6.62. The second kappa shape index (κ2) is 7.03. The molecule has 0 aliphatic rings. The van der Waals surface area contributed by atoms with Crippen LogP contribution >= 0.6 is 11.6 Å². The van der Waals surface area contributed by atoms with E-state index in [1.165, 1.54) is 6.20 Å². The zero-order valence-electron chi connectivity index (χ0n) is 11.9. The Morgan fingerprint density at radius 1 is 1.48 bits per heavy atom. The lowest BCUT2D eigenvalue weighted by molar-refractivity contribution is 0.0949. The van der Waals surface area contributed by atoms with E-state index in [-0.39, 0.29) is 5.91 Å². The first kappa shape index (κ1) is 15.2. The molecule has 0 spiro atoms. The van der Waals surface area contributed by atoms with Crippen molar-refractivity contribution in [1.82, 2.24) is 25.1 Å². The Bertz CT molecular complexity index is 627. The van der Waals surface area contributed by atoms with E-state index >= 15 is 0 Å². The molecule has 0 saturated carbocycles. The van der Waals surface area contributed by atoms with Crippen LogP contribution < -0.4 is 10.6 Å². The Morgan fingerprint density at radius 2 is 2.29 bits per heavy atom. The van der Waals surface area contributed by atoms with Crippen molar-refractivity contribution in [2.75, 3.05) is 11.9 Å². The molecule has 7 nitrogen and oxygen atoms in total. The molecule has 1 amide bonds. The summed E-state index contributed by atoms with van der Waals surface area (Å²) in [7, 11) is 1.81. The van der Waals surface area contributed by atoms with Gasteiger partial charge < -0.3 is 15.2 Å². The van der Waals surface area contributed by atoms with Gasteiger partial charge in [0, 0.05) is 19.8 Å². The number of pyridine rings is 1. The lowest BCUT2D eigenvalue weighted by Crippen LogP contribution is -2.24. The maximum absolute atomic E-state index is 12.0. The van der Waals surface area contributed by atoms with E-state index in [0.29, 0.717) is 28.8 Å². The summed E-state index contributed by atoms with van der Waals surface area (Å²) in [6, 6.07) is 1.60. The van der Waals surface area contributed by atoms with Crippen LogP contribution in [0.15, 0.2) is 18.6 Å². The Labute approximate surface area is 127 Å². The average molecular weight is 309 g/mol. The molecule has 21 heavy (non-hydrogen) atoms. The summed E-state index contributed by atoms with van der Waals surface area (Å²) in [5, 5.41) is 13.9. The average Bonchev–Trinajstić information content (AvgIpc) is 2.88. The number of hydrogen-bond donors (Lipinski definition) is 2. The molecular formula is C13H17ClN6O. The highest BCUT2D eigenvalue weighted by atomic mass is 35.5. The summed E-state index contributed by atoms with van der Waals surface area (Å²) in [5.74, 6) is 1.00. The third kappa shape index (κ3) is 3.91. The molecule has 0 fully saturated rings. The Morgan fingerprint density at radius 3 is 2.90 bits per heavy atom. The summed E-state index contributed by atoms with van der Waals surface area (Å²) in [5.41, 5.74) is 0.407. The van der Waals surface area contributed by atoms with Gasteiger partial charge in [-0.2, -0.15) is 0 Å². The molecule has 2 rings (SSSR count). The number of nitrogens with one attached hydrogen (secondary N) is 2. The quantitative estimate of drug-likeness (QED) is 0.847. The number of carbonyl (C=O) groups excluding carboxylic acids is 1. The number of carbonyl (C=O) groups is 1. The molecule has 2 heterocycles. The molecule has 0 unspecified atom stereocenters. The van der Waals surface area contributed by atoms with E-state index in [0.717, 1.165) is 13.0 Å². The number of anilines is 1. The lowest BCUT2D eigenvalue weighted by atomic mass is 10.2. The first-order chi connectivity index (χ1) is 10.1. The number of aryl methyl sites for hydroxylation is 1. The van der Waals surface area contributed by atoms with Gasteiger partial charge in [0.05, 0.1) is 17.1 Å². The number of rotatable bonds is 6. The normalized spacial score (nSPS) is 10.4. The summed E-state index contributed by atoms with van der Waals surface area (Å²) >= 11 is 6.10. The van der Waals surface area contributed by atoms with Gasteiger partial charge in [-0.1, -0.05) is 18.5 Å². The Kier molecular flexibility index (Phi) is 5.10. The van der Waals surface area contributed by atoms with Crippen LogP contribution in [0.5, 0.6) is 0 Å². The van der Waals surface area contributed by atoms with Crippen molar-refractivity contribution in [2.45, 2.75) is 19.9 Å². The molecule has 0 aliphatic carbocycles. The van der Waals surface area contributed by atoms with Crippen LogP contribution in [0.2, 0.25) is 5.02 Å². The van der Waals surface area contributed by atoms with E-state index in [4.69, 9.17) is 11.6 Å². The van der Waals surface area contributed by atoms with E-state index in [1.807, 2.05) is 7.05 Å². The van der Waals surface area contributed by atoms with Gasteiger partial charge in [0.25, 0.3) is 5.91 Å². The van der Waals surface area contributed by atoms with Crippen LogP contribution in [-0.4, -0.2) is 32.2 Å².